The van der Waals surface area contributed by atoms with E-state index < -0.39 is 34.1 Å². The Morgan fingerprint density at radius 1 is 1.06 bits per heavy atom. The predicted octanol–water partition coefficient (Wildman–Crippen LogP) is 2.11. The second-order valence-corrected chi connectivity index (χ2v) is 9.17. The highest BCUT2D eigenvalue weighted by Crippen LogP contribution is 2.21. The van der Waals surface area contributed by atoms with Crippen molar-refractivity contribution < 1.29 is 26.9 Å². The minimum Gasteiger partial charge on any atom is -0.464 e. The highest BCUT2D eigenvalue weighted by atomic mass is 32.2. The zero-order valence-electron chi connectivity index (χ0n) is 18.8. The zero-order valence-corrected chi connectivity index (χ0v) is 19.6. The summed E-state index contributed by atoms with van der Waals surface area (Å²) in [5.74, 6) is -1.35. The van der Waals surface area contributed by atoms with Crippen LogP contribution in [0.2, 0.25) is 0 Å². The number of rotatable bonds is 11. The summed E-state index contributed by atoms with van der Waals surface area (Å²) < 4.78 is 33.4. The van der Waals surface area contributed by atoms with Crippen LogP contribution in [0, 0.1) is 0 Å². The van der Waals surface area contributed by atoms with Gasteiger partial charge in [-0.15, -0.1) is 0 Å². The number of amides is 1. The van der Waals surface area contributed by atoms with Crippen LogP contribution in [-0.4, -0.2) is 60.7 Å². The SMILES string of the molecule is CCOC(=O)[C@@H](C[C@@H](Cc1ccc(-c2ccccc2)cc1)NC(=O)c1cn[nH]n1)OS(C)(=O)=O. The van der Waals surface area contributed by atoms with Gasteiger partial charge in [0.1, 0.15) is 0 Å². The van der Waals surface area contributed by atoms with Gasteiger partial charge in [0, 0.05) is 12.5 Å². The molecule has 180 valence electrons. The molecule has 1 aromatic heterocycles. The number of aromatic amines is 1. The van der Waals surface area contributed by atoms with Gasteiger partial charge in [0.25, 0.3) is 16.0 Å². The number of carbonyl (C=O) groups is 2. The number of benzene rings is 2. The molecular weight excluding hydrogens is 460 g/mol. The van der Waals surface area contributed by atoms with Crippen LogP contribution in [0.5, 0.6) is 0 Å². The molecule has 2 aromatic carbocycles. The molecule has 2 atom stereocenters. The summed E-state index contributed by atoms with van der Waals surface area (Å²) in [7, 11) is -3.95. The highest BCUT2D eigenvalue weighted by molar-refractivity contribution is 7.86. The molecule has 3 rings (SSSR count). The summed E-state index contributed by atoms with van der Waals surface area (Å²) in [4.78, 5) is 25.0. The Balaban J connectivity index is 1.82. The van der Waals surface area contributed by atoms with Crippen LogP contribution in [-0.2, 0) is 30.3 Å². The van der Waals surface area contributed by atoms with Crippen LogP contribution in [0.15, 0.2) is 60.8 Å². The van der Waals surface area contributed by atoms with Gasteiger partial charge >= 0.3 is 5.97 Å². The van der Waals surface area contributed by atoms with Crippen molar-refractivity contribution >= 4 is 22.0 Å². The van der Waals surface area contributed by atoms with Crippen molar-refractivity contribution in [2.24, 2.45) is 0 Å². The third kappa shape index (κ3) is 7.49. The van der Waals surface area contributed by atoms with Crippen molar-refractivity contribution in [3.05, 3.63) is 72.1 Å². The fraction of sp³-hybridized carbons (Fsp3) is 0.304. The quantitative estimate of drug-likeness (QED) is 0.310. The first kappa shape index (κ1) is 25.1. The lowest BCUT2D eigenvalue weighted by Crippen LogP contribution is -2.42. The third-order valence-electron chi connectivity index (χ3n) is 4.87. The number of ether oxygens (including phenoxy) is 1. The number of carbonyl (C=O) groups excluding carboxylic acids is 2. The van der Waals surface area contributed by atoms with Gasteiger partial charge in [-0.25, -0.2) is 4.79 Å². The maximum absolute atomic E-state index is 12.6. The molecule has 0 unspecified atom stereocenters. The summed E-state index contributed by atoms with van der Waals surface area (Å²) >= 11 is 0. The third-order valence-corrected chi connectivity index (χ3v) is 5.45. The van der Waals surface area contributed by atoms with E-state index in [2.05, 4.69) is 20.7 Å². The standard InChI is InChI=1S/C23H26N4O6S/c1-3-32-23(29)21(33-34(2,30)31)14-19(25-22(28)20-15-24-27-26-20)13-16-9-11-18(12-10-16)17-7-5-4-6-8-17/h4-12,15,19,21H,3,13-14H2,1-2H3,(H,25,28)(H,24,26,27)/t19-,21-/m1/s1. The molecule has 0 fully saturated rings. The van der Waals surface area contributed by atoms with Crippen molar-refractivity contribution in [2.45, 2.75) is 31.9 Å². The summed E-state index contributed by atoms with van der Waals surface area (Å²) in [5, 5.41) is 12.5. The summed E-state index contributed by atoms with van der Waals surface area (Å²) in [5.41, 5.74) is 3.01. The molecule has 1 heterocycles. The Morgan fingerprint density at radius 3 is 2.32 bits per heavy atom. The maximum atomic E-state index is 12.6. The summed E-state index contributed by atoms with van der Waals surface area (Å²) in [6.07, 6.45) is 0.875. The Hall–Kier alpha value is -3.57. The Morgan fingerprint density at radius 2 is 1.74 bits per heavy atom. The average Bonchev–Trinajstić information content (AvgIpc) is 3.34. The molecule has 0 aliphatic carbocycles. The molecule has 0 radical (unpaired) electrons. The van der Waals surface area contributed by atoms with Gasteiger partial charge in [0.2, 0.25) is 0 Å². The molecule has 34 heavy (non-hydrogen) atoms. The van der Waals surface area contributed by atoms with Crippen LogP contribution < -0.4 is 5.32 Å². The van der Waals surface area contributed by atoms with Gasteiger partial charge < -0.3 is 10.1 Å². The smallest absolute Gasteiger partial charge is 0.336 e. The van der Waals surface area contributed by atoms with E-state index in [4.69, 9.17) is 8.92 Å². The first-order valence-electron chi connectivity index (χ1n) is 10.6. The fourth-order valence-corrected chi connectivity index (χ4v) is 3.97. The highest BCUT2D eigenvalue weighted by Gasteiger charge is 2.30. The molecule has 0 aliphatic heterocycles. The molecule has 0 spiro atoms. The lowest BCUT2D eigenvalue weighted by Gasteiger charge is -2.23. The van der Waals surface area contributed by atoms with Crippen molar-refractivity contribution in [1.82, 2.24) is 20.7 Å². The average molecular weight is 487 g/mol. The molecule has 0 bridgehead atoms. The minimum atomic E-state index is -3.95. The summed E-state index contributed by atoms with van der Waals surface area (Å²) in [6.45, 7) is 1.66. The van der Waals surface area contributed by atoms with E-state index >= 15 is 0 Å². The van der Waals surface area contributed by atoms with E-state index in [1.165, 1.54) is 6.20 Å². The van der Waals surface area contributed by atoms with Gasteiger partial charge in [-0.3, -0.25) is 8.98 Å². The molecule has 0 aliphatic rings. The predicted molar refractivity (Wildman–Crippen MR) is 124 cm³/mol. The maximum Gasteiger partial charge on any atom is 0.336 e. The summed E-state index contributed by atoms with van der Waals surface area (Å²) in [6, 6.07) is 16.9. The molecule has 3 aromatic rings. The van der Waals surface area contributed by atoms with Gasteiger partial charge in [-0.05, 0) is 30.0 Å². The second-order valence-electron chi connectivity index (χ2n) is 7.57. The molecule has 10 nitrogen and oxygen atoms in total. The van der Waals surface area contributed by atoms with Crippen LogP contribution >= 0.6 is 0 Å². The van der Waals surface area contributed by atoms with Crippen molar-refractivity contribution in [3.63, 3.8) is 0 Å². The number of hydrogen-bond acceptors (Lipinski definition) is 8. The van der Waals surface area contributed by atoms with E-state index in [-0.39, 0.29) is 18.7 Å². The molecule has 0 saturated heterocycles. The Kier molecular flexibility index (Phi) is 8.50. The lowest BCUT2D eigenvalue weighted by molar-refractivity contribution is -0.151. The van der Waals surface area contributed by atoms with E-state index in [0.717, 1.165) is 22.9 Å². The van der Waals surface area contributed by atoms with Crippen molar-refractivity contribution in [3.8, 4) is 11.1 Å². The molecule has 2 N–H and O–H groups in total. The number of H-pyrrole nitrogens is 1. The zero-order chi connectivity index (χ0) is 24.6. The lowest BCUT2D eigenvalue weighted by atomic mass is 9.97. The van der Waals surface area contributed by atoms with Crippen molar-refractivity contribution in [2.75, 3.05) is 12.9 Å². The van der Waals surface area contributed by atoms with Crippen LogP contribution in [0.4, 0.5) is 0 Å². The number of nitrogens with one attached hydrogen (secondary N) is 2. The second kappa shape index (κ2) is 11.5. The van der Waals surface area contributed by atoms with Gasteiger partial charge in [0.15, 0.2) is 11.8 Å². The molecule has 0 saturated carbocycles. The van der Waals surface area contributed by atoms with E-state index in [1.54, 1.807) is 6.92 Å². The first-order valence-corrected chi connectivity index (χ1v) is 12.4. The normalized spacial score (nSPS) is 13.1. The minimum absolute atomic E-state index is 0.0549. The van der Waals surface area contributed by atoms with Crippen LogP contribution in [0.25, 0.3) is 11.1 Å². The van der Waals surface area contributed by atoms with Gasteiger partial charge in [-0.2, -0.15) is 23.8 Å². The molecule has 1 amide bonds. The molecular formula is C23H26N4O6S. The topological polar surface area (TPSA) is 140 Å². The van der Waals surface area contributed by atoms with Crippen LogP contribution in [0.3, 0.4) is 0 Å². The number of esters is 1. The number of nitrogens with zero attached hydrogens (tertiary/aromatic N) is 2. The van der Waals surface area contributed by atoms with Crippen molar-refractivity contribution in [1.29, 1.82) is 0 Å². The van der Waals surface area contributed by atoms with Crippen LogP contribution in [0.1, 0.15) is 29.4 Å². The first-order chi connectivity index (χ1) is 16.2. The van der Waals surface area contributed by atoms with E-state index in [9.17, 15) is 18.0 Å². The van der Waals surface area contributed by atoms with E-state index in [0.29, 0.717) is 6.42 Å². The van der Waals surface area contributed by atoms with Gasteiger partial charge in [0.05, 0.1) is 19.1 Å². The number of hydrogen-bond donors (Lipinski definition) is 2. The Bertz CT molecular complexity index is 1180. The fourth-order valence-electron chi connectivity index (χ4n) is 3.39. The Labute approximate surface area is 197 Å². The van der Waals surface area contributed by atoms with E-state index in [1.807, 2.05) is 54.6 Å². The van der Waals surface area contributed by atoms with Gasteiger partial charge in [-0.1, -0.05) is 54.6 Å². The number of aromatic nitrogens is 3. The monoisotopic (exact) mass is 486 g/mol. The molecule has 11 heteroatoms. The largest absolute Gasteiger partial charge is 0.464 e.